The average molecular weight is 333 g/mol. The van der Waals surface area contributed by atoms with Crippen LogP contribution in [0.5, 0.6) is 0 Å². The molecule has 0 unspecified atom stereocenters. The highest BCUT2D eigenvalue weighted by Gasteiger charge is 2.26. The van der Waals surface area contributed by atoms with Crippen molar-refractivity contribution in [1.29, 1.82) is 0 Å². The summed E-state index contributed by atoms with van der Waals surface area (Å²) in [5.41, 5.74) is 0.461. The van der Waals surface area contributed by atoms with Crippen molar-refractivity contribution in [2.24, 2.45) is 10.4 Å². The van der Waals surface area contributed by atoms with Gasteiger partial charge in [-0.3, -0.25) is 4.99 Å². The Kier molecular flexibility index (Phi) is 7.62. The Bertz CT molecular complexity index is 451. The van der Waals surface area contributed by atoms with E-state index in [0.29, 0.717) is 24.6 Å². The minimum absolute atomic E-state index is 0.0673. The molecule has 0 heterocycles. The van der Waals surface area contributed by atoms with Crippen LogP contribution >= 0.6 is 0 Å². The lowest BCUT2D eigenvalue weighted by molar-refractivity contribution is 0.153. The topological polar surface area (TPSA) is 79.8 Å². The molecule has 0 bridgehead atoms. The molecule has 7 heteroatoms. The summed E-state index contributed by atoms with van der Waals surface area (Å²) in [6, 6.07) is 0.477. The molecule has 0 aromatic carbocycles. The van der Waals surface area contributed by atoms with Gasteiger partial charge in [0.05, 0.1) is 19.0 Å². The molecule has 1 aliphatic rings. The van der Waals surface area contributed by atoms with Crippen molar-refractivity contribution < 1.29 is 13.2 Å². The molecule has 0 spiro atoms. The van der Waals surface area contributed by atoms with E-state index in [2.05, 4.69) is 29.5 Å². The molecular formula is C15H31N3O3S. The molecule has 2 N–H and O–H groups in total. The molecule has 1 rings (SSSR count). The van der Waals surface area contributed by atoms with Gasteiger partial charge in [0.25, 0.3) is 0 Å². The second kappa shape index (κ2) is 8.72. The molecule has 22 heavy (non-hydrogen) atoms. The summed E-state index contributed by atoms with van der Waals surface area (Å²) in [4.78, 5) is 4.22. The Hall–Kier alpha value is -0.820. The molecule has 0 atom stereocenters. The zero-order valence-electron chi connectivity index (χ0n) is 14.3. The molecule has 0 aromatic heterocycles. The number of aliphatic imine (C=N–C) groups is 1. The fourth-order valence-corrected chi connectivity index (χ4v) is 2.91. The van der Waals surface area contributed by atoms with Crippen molar-refractivity contribution in [1.82, 2.24) is 10.6 Å². The van der Waals surface area contributed by atoms with E-state index < -0.39 is 9.84 Å². The molecule has 6 nitrogen and oxygen atoms in total. The number of nitrogens with zero attached hydrogens (tertiary/aromatic N) is 1. The van der Waals surface area contributed by atoms with Gasteiger partial charge in [0.15, 0.2) is 5.96 Å². The standard InChI is InChI=1S/C15H31N3O3S/c1-15(2)7-5-13(6-8-15)18-14(16-3)17-9-10-21-11-12-22(4,19)20/h13H,5-12H2,1-4H3,(H2,16,17,18). The first-order valence-electron chi connectivity index (χ1n) is 7.94. The van der Waals surface area contributed by atoms with E-state index in [1.807, 2.05) is 0 Å². The third-order valence-corrected chi connectivity index (χ3v) is 4.95. The van der Waals surface area contributed by atoms with Gasteiger partial charge in [-0.05, 0) is 31.1 Å². The highest BCUT2D eigenvalue weighted by Crippen LogP contribution is 2.34. The van der Waals surface area contributed by atoms with Crippen molar-refractivity contribution >= 4 is 15.8 Å². The number of hydrogen-bond acceptors (Lipinski definition) is 4. The van der Waals surface area contributed by atoms with E-state index in [-0.39, 0.29) is 12.4 Å². The fraction of sp³-hybridized carbons (Fsp3) is 0.933. The molecule has 130 valence electrons. The Labute approximate surface area is 135 Å². The van der Waals surface area contributed by atoms with Crippen LogP contribution in [0, 0.1) is 5.41 Å². The third-order valence-electron chi connectivity index (χ3n) is 4.04. The summed E-state index contributed by atoms with van der Waals surface area (Å²) >= 11 is 0. The van der Waals surface area contributed by atoms with Crippen molar-refractivity contribution in [3.63, 3.8) is 0 Å². The van der Waals surface area contributed by atoms with Gasteiger partial charge in [0, 0.05) is 25.9 Å². The molecule has 1 fully saturated rings. The largest absolute Gasteiger partial charge is 0.379 e. The monoisotopic (exact) mass is 333 g/mol. The highest BCUT2D eigenvalue weighted by atomic mass is 32.2. The summed E-state index contributed by atoms with van der Waals surface area (Å²) in [5, 5.41) is 6.65. The van der Waals surface area contributed by atoms with Crippen molar-refractivity contribution in [3.8, 4) is 0 Å². The first-order chi connectivity index (χ1) is 10.2. The Morgan fingerprint density at radius 1 is 1.27 bits per heavy atom. The average Bonchev–Trinajstić information content (AvgIpc) is 2.42. The molecule has 1 saturated carbocycles. The normalized spacial score (nSPS) is 19.9. The van der Waals surface area contributed by atoms with Gasteiger partial charge in [-0.15, -0.1) is 0 Å². The minimum Gasteiger partial charge on any atom is -0.379 e. The number of nitrogens with one attached hydrogen (secondary N) is 2. The molecule has 0 radical (unpaired) electrons. The molecular weight excluding hydrogens is 302 g/mol. The first-order valence-corrected chi connectivity index (χ1v) is 10.0. The maximum atomic E-state index is 11.0. The maximum absolute atomic E-state index is 11.0. The Morgan fingerprint density at radius 3 is 2.45 bits per heavy atom. The number of hydrogen-bond donors (Lipinski definition) is 2. The number of sulfone groups is 1. The van der Waals surface area contributed by atoms with E-state index in [9.17, 15) is 8.42 Å². The smallest absolute Gasteiger partial charge is 0.191 e. The molecule has 0 aliphatic heterocycles. The van der Waals surface area contributed by atoms with Crippen molar-refractivity contribution in [2.75, 3.05) is 38.8 Å². The van der Waals surface area contributed by atoms with Crippen LogP contribution < -0.4 is 10.6 Å². The van der Waals surface area contributed by atoms with E-state index in [1.54, 1.807) is 7.05 Å². The van der Waals surface area contributed by atoms with E-state index in [0.717, 1.165) is 5.96 Å². The van der Waals surface area contributed by atoms with Crippen LogP contribution in [0.2, 0.25) is 0 Å². The zero-order valence-corrected chi connectivity index (χ0v) is 15.1. The van der Waals surface area contributed by atoms with Gasteiger partial charge in [-0.2, -0.15) is 0 Å². The number of rotatable bonds is 7. The summed E-state index contributed by atoms with van der Waals surface area (Å²) < 4.78 is 27.2. The number of guanidine groups is 1. The number of ether oxygens (including phenoxy) is 1. The van der Waals surface area contributed by atoms with Crippen LogP contribution in [0.25, 0.3) is 0 Å². The van der Waals surface area contributed by atoms with E-state index >= 15 is 0 Å². The molecule has 0 saturated heterocycles. The fourth-order valence-electron chi connectivity index (χ4n) is 2.49. The van der Waals surface area contributed by atoms with Gasteiger partial charge in [0.2, 0.25) is 0 Å². The predicted octanol–water partition coefficient (Wildman–Crippen LogP) is 1.18. The van der Waals surface area contributed by atoms with Gasteiger partial charge < -0.3 is 15.4 Å². The van der Waals surface area contributed by atoms with Crippen LogP contribution in [0.4, 0.5) is 0 Å². The van der Waals surface area contributed by atoms with Crippen LogP contribution in [-0.4, -0.2) is 59.2 Å². The van der Waals surface area contributed by atoms with Gasteiger partial charge in [0.1, 0.15) is 9.84 Å². The van der Waals surface area contributed by atoms with Gasteiger partial charge >= 0.3 is 0 Å². The lowest BCUT2D eigenvalue weighted by Crippen LogP contribution is -2.46. The summed E-state index contributed by atoms with van der Waals surface area (Å²) in [7, 11) is -1.19. The van der Waals surface area contributed by atoms with Gasteiger partial charge in [-0.25, -0.2) is 8.42 Å². The second-order valence-corrected chi connectivity index (χ2v) is 9.08. The molecule has 0 aromatic rings. The Balaban J connectivity index is 2.16. The van der Waals surface area contributed by atoms with Crippen LogP contribution in [0.1, 0.15) is 39.5 Å². The first kappa shape index (κ1) is 19.2. The summed E-state index contributed by atoms with van der Waals surface area (Å²) in [6.45, 7) is 5.97. The van der Waals surface area contributed by atoms with Crippen LogP contribution in [0.3, 0.4) is 0 Å². The van der Waals surface area contributed by atoms with Crippen LogP contribution in [-0.2, 0) is 14.6 Å². The van der Waals surface area contributed by atoms with E-state index in [4.69, 9.17) is 4.74 Å². The lowest BCUT2D eigenvalue weighted by atomic mass is 9.75. The minimum atomic E-state index is -2.94. The quantitative estimate of drug-likeness (QED) is 0.415. The van der Waals surface area contributed by atoms with Crippen LogP contribution in [0.15, 0.2) is 4.99 Å². The third kappa shape index (κ3) is 8.58. The maximum Gasteiger partial charge on any atom is 0.191 e. The van der Waals surface area contributed by atoms with Crippen molar-refractivity contribution in [2.45, 2.75) is 45.6 Å². The zero-order chi connectivity index (χ0) is 16.6. The van der Waals surface area contributed by atoms with Crippen molar-refractivity contribution in [3.05, 3.63) is 0 Å². The molecule has 0 amide bonds. The lowest BCUT2D eigenvalue weighted by Gasteiger charge is -2.35. The highest BCUT2D eigenvalue weighted by molar-refractivity contribution is 7.90. The SMILES string of the molecule is CN=C(NCCOCCS(C)(=O)=O)NC1CCC(C)(C)CC1. The predicted molar refractivity (Wildman–Crippen MR) is 91.1 cm³/mol. The second-order valence-electron chi connectivity index (χ2n) is 6.82. The molecule has 1 aliphatic carbocycles. The summed E-state index contributed by atoms with van der Waals surface area (Å²) in [5.74, 6) is 0.856. The van der Waals surface area contributed by atoms with Gasteiger partial charge in [-0.1, -0.05) is 13.8 Å². The Morgan fingerprint density at radius 2 is 1.91 bits per heavy atom. The van der Waals surface area contributed by atoms with E-state index in [1.165, 1.54) is 31.9 Å². The summed E-state index contributed by atoms with van der Waals surface area (Å²) in [6.07, 6.45) is 6.01.